The van der Waals surface area contributed by atoms with Crippen LogP contribution in [0.3, 0.4) is 0 Å². The molecule has 10 nitrogen and oxygen atoms in total. The van der Waals surface area contributed by atoms with Crippen molar-refractivity contribution in [3.8, 4) is 11.5 Å². The minimum Gasteiger partial charge on any atom is -0.497 e. The van der Waals surface area contributed by atoms with Crippen LogP contribution in [0.2, 0.25) is 0 Å². The molecule has 0 radical (unpaired) electrons. The monoisotopic (exact) mass is 437 g/mol. The number of benzene rings is 1. The summed E-state index contributed by atoms with van der Waals surface area (Å²) in [6.45, 7) is 2.79. The zero-order valence-corrected chi connectivity index (χ0v) is 18.6. The summed E-state index contributed by atoms with van der Waals surface area (Å²) < 4.78 is 14.7. The smallest absolute Gasteiger partial charge is 0.273 e. The molecule has 3 heterocycles. The Labute approximate surface area is 186 Å². The first-order valence-electron chi connectivity index (χ1n) is 10.9. The summed E-state index contributed by atoms with van der Waals surface area (Å²) in [7, 11) is 3.24. The molecule has 0 bridgehead atoms. The lowest BCUT2D eigenvalue weighted by molar-refractivity contribution is 0.0237. The summed E-state index contributed by atoms with van der Waals surface area (Å²) in [4.78, 5) is 15.5. The second-order valence-electron chi connectivity index (χ2n) is 8.60. The number of aromatic nitrogens is 6. The van der Waals surface area contributed by atoms with E-state index in [-0.39, 0.29) is 11.9 Å². The number of carbonyl (C=O) groups excluding carboxylic acids is 1. The van der Waals surface area contributed by atoms with E-state index < -0.39 is 5.54 Å². The molecule has 1 amide bonds. The summed E-state index contributed by atoms with van der Waals surface area (Å²) in [6.07, 6.45) is 6.06. The summed E-state index contributed by atoms with van der Waals surface area (Å²) >= 11 is 0. The first-order valence-corrected chi connectivity index (χ1v) is 10.9. The standard InChI is InChI=1S/C22H27N7O3/c1-22(21-24-25-26-29(21)16-6-4-5-7-16)14-28-18(10-11-23-28)20(30)27(22)13-15-12-17(31-2)8-9-19(15)32-3/h8-12,16H,4-7,13-14H2,1-3H3. The predicted molar refractivity (Wildman–Crippen MR) is 114 cm³/mol. The highest BCUT2D eigenvalue weighted by Crippen LogP contribution is 2.39. The van der Waals surface area contributed by atoms with Gasteiger partial charge in [0.25, 0.3) is 5.91 Å². The van der Waals surface area contributed by atoms with Gasteiger partial charge in [0.2, 0.25) is 0 Å². The molecule has 0 saturated heterocycles. The second-order valence-corrected chi connectivity index (χ2v) is 8.60. The molecule has 32 heavy (non-hydrogen) atoms. The number of hydrogen-bond acceptors (Lipinski definition) is 7. The summed E-state index contributed by atoms with van der Waals surface area (Å²) in [5.41, 5.74) is 0.597. The number of nitrogens with zero attached hydrogens (tertiary/aromatic N) is 7. The van der Waals surface area contributed by atoms with Gasteiger partial charge < -0.3 is 14.4 Å². The van der Waals surface area contributed by atoms with Crippen LogP contribution in [0.5, 0.6) is 11.5 Å². The van der Waals surface area contributed by atoms with Crippen LogP contribution in [-0.4, -0.2) is 55.0 Å². The van der Waals surface area contributed by atoms with E-state index >= 15 is 0 Å². The lowest BCUT2D eigenvalue weighted by Gasteiger charge is -2.44. The fourth-order valence-electron chi connectivity index (χ4n) is 4.94. The fraction of sp³-hybridized carbons (Fsp3) is 0.500. The van der Waals surface area contributed by atoms with E-state index in [1.807, 2.05) is 34.7 Å². The molecule has 1 aromatic carbocycles. The highest BCUT2D eigenvalue weighted by atomic mass is 16.5. The average Bonchev–Trinajstić information content (AvgIpc) is 3.57. The van der Waals surface area contributed by atoms with E-state index in [1.165, 1.54) is 0 Å². The second kappa shape index (κ2) is 7.92. The molecule has 168 valence electrons. The summed E-state index contributed by atoms with van der Waals surface area (Å²) in [5.74, 6) is 1.95. The highest BCUT2D eigenvalue weighted by molar-refractivity contribution is 5.94. The average molecular weight is 438 g/mol. The third-order valence-electron chi connectivity index (χ3n) is 6.70. The Morgan fingerprint density at radius 1 is 1.16 bits per heavy atom. The van der Waals surface area contributed by atoms with Crippen LogP contribution in [0, 0.1) is 0 Å². The van der Waals surface area contributed by atoms with Crippen molar-refractivity contribution in [3.63, 3.8) is 0 Å². The van der Waals surface area contributed by atoms with Crippen LogP contribution < -0.4 is 9.47 Å². The number of rotatable bonds is 6. The van der Waals surface area contributed by atoms with Gasteiger partial charge in [-0.3, -0.25) is 9.48 Å². The number of methoxy groups -OCH3 is 2. The molecule has 2 aromatic heterocycles. The Bertz CT molecular complexity index is 1130. The molecule has 1 aliphatic heterocycles. The Morgan fingerprint density at radius 2 is 1.97 bits per heavy atom. The van der Waals surface area contributed by atoms with Crippen LogP contribution in [0.4, 0.5) is 0 Å². The number of tetrazole rings is 1. The van der Waals surface area contributed by atoms with E-state index in [2.05, 4.69) is 20.6 Å². The van der Waals surface area contributed by atoms with E-state index in [0.717, 1.165) is 31.2 Å². The lowest BCUT2D eigenvalue weighted by Crippen LogP contribution is -2.55. The Hall–Kier alpha value is -3.43. The van der Waals surface area contributed by atoms with Gasteiger partial charge in [-0.2, -0.15) is 5.10 Å². The van der Waals surface area contributed by atoms with Gasteiger partial charge in [0.1, 0.15) is 22.7 Å². The van der Waals surface area contributed by atoms with Crippen LogP contribution in [0.25, 0.3) is 0 Å². The Morgan fingerprint density at radius 3 is 2.72 bits per heavy atom. The molecule has 2 aliphatic rings. The molecule has 1 aliphatic carbocycles. The number of fused-ring (bicyclic) bond motifs is 1. The van der Waals surface area contributed by atoms with Crippen LogP contribution >= 0.6 is 0 Å². The molecule has 0 spiro atoms. The minimum absolute atomic E-state index is 0.123. The highest BCUT2D eigenvalue weighted by Gasteiger charge is 2.48. The normalized spacial score (nSPS) is 21.1. The summed E-state index contributed by atoms with van der Waals surface area (Å²) in [6, 6.07) is 7.59. The maximum absolute atomic E-state index is 13.7. The zero-order valence-electron chi connectivity index (χ0n) is 18.6. The summed E-state index contributed by atoms with van der Waals surface area (Å²) in [5, 5.41) is 17.2. The Kier molecular flexibility index (Phi) is 5.07. The molecule has 5 rings (SSSR count). The van der Waals surface area contributed by atoms with Crippen LogP contribution in [-0.2, 0) is 18.6 Å². The first kappa shape index (κ1) is 20.5. The van der Waals surface area contributed by atoms with Crippen molar-refractivity contribution < 1.29 is 14.3 Å². The number of ether oxygens (including phenoxy) is 2. The van der Waals surface area contributed by atoms with E-state index in [1.54, 1.807) is 31.2 Å². The van der Waals surface area contributed by atoms with Gasteiger partial charge in [-0.25, -0.2) is 4.68 Å². The van der Waals surface area contributed by atoms with Gasteiger partial charge in [-0.1, -0.05) is 12.8 Å². The van der Waals surface area contributed by atoms with Gasteiger partial charge in [0.05, 0.1) is 33.4 Å². The molecule has 1 unspecified atom stereocenters. The third-order valence-corrected chi connectivity index (χ3v) is 6.70. The van der Waals surface area contributed by atoms with Crippen molar-refractivity contribution in [1.29, 1.82) is 0 Å². The maximum atomic E-state index is 13.7. The molecule has 0 N–H and O–H groups in total. The van der Waals surface area contributed by atoms with Crippen molar-refractivity contribution in [2.24, 2.45) is 0 Å². The molecular weight excluding hydrogens is 410 g/mol. The lowest BCUT2D eigenvalue weighted by atomic mass is 9.93. The van der Waals surface area contributed by atoms with Crippen molar-refractivity contribution in [1.82, 2.24) is 34.9 Å². The molecule has 3 aromatic rings. The van der Waals surface area contributed by atoms with Gasteiger partial charge in [0, 0.05) is 11.8 Å². The minimum atomic E-state index is -0.795. The fourth-order valence-corrected chi connectivity index (χ4v) is 4.94. The van der Waals surface area contributed by atoms with Crippen molar-refractivity contribution in [2.75, 3.05) is 14.2 Å². The van der Waals surface area contributed by atoms with Gasteiger partial charge >= 0.3 is 0 Å². The number of amides is 1. The zero-order chi connectivity index (χ0) is 22.3. The number of hydrogen-bond donors (Lipinski definition) is 0. The third kappa shape index (κ3) is 3.21. The van der Waals surface area contributed by atoms with Crippen LogP contribution in [0.15, 0.2) is 30.5 Å². The molecular formula is C22H27N7O3. The van der Waals surface area contributed by atoms with Crippen LogP contribution in [0.1, 0.15) is 60.5 Å². The molecule has 1 fully saturated rings. The van der Waals surface area contributed by atoms with Gasteiger partial charge in [-0.05, 0) is 54.5 Å². The van der Waals surface area contributed by atoms with Crippen molar-refractivity contribution in [3.05, 3.63) is 47.5 Å². The maximum Gasteiger partial charge on any atom is 0.273 e. The molecule has 1 saturated carbocycles. The van der Waals surface area contributed by atoms with E-state index in [4.69, 9.17) is 9.47 Å². The van der Waals surface area contributed by atoms with Gasteiger partial charge in [0.15, 0.2) is 5.82 Å². The molecule has 10 heteroatoms. The Balaban J connectivity index is 1.61. The van der Waals surface area contributed by atoms with Crippen molar-refractivity contribution >= 4 is 5.91 Å². The number of carbonyl (C=O) groups is 1. The quantitative estimate of drug-likeness (QED) is 0.584. The van der Waals surface area contributed by atoms with E-state index in [9.17, 15) is 4.79 Å². The first-order chi connectivity index (χ1) is 15.5. The predicted octanol–water partition coefficient (Wildman–Crippen LogP) is 2.57. The van der Waals surface area contributed by atoms with Gasteiger partial charge in [-0.15, -0.1) is 5.10 Å². The largest absolute Gasteiger partial charge is 0.497 e. The van der Waals surface area contributed by atoms with E-state index in [0.29, 0.717) is 36.1 Å². The molecule has 1 atom stereocenters. The topological polar surface area (TPSA) is 100 Å². The van der Waals surface area contributed by atoms with Crippen molar-refractivity contribution in [2.45, 2.75) is 57.3 Å². The SMILES string of the molecule is COc1ccc(OC)c(CN2C(=O)c3ccnn3CC2(C)c2nnnn2C2CCCC2)c1.